The van der Waals surface area contributed by atoms with Crippen molar-refractivity contribution >= 4 is 61.8 Å². The van der Waals surface area contributed by atoms with Crippen LogP contribution in [0.1, 0.15) is 13.3 Å². The van der Waals surface area contributed by atoms with Gasteiger partial charge >= 0.3 is 0 Å². The van der Waals surface area contributed by atoms with Crippen molar-refractivity contribution in [1.29, 1.82) is 0 Å². The number of carbonyl (C=O) groups is 1. The third kappa shape index (κ3) is 4.48. The molecule has 1 amide bonds. The van der Waals surface area contributed by atoms with E-state index in [4.69, 9.17) is 17.0 Å². The molecule has 1 unspecified atom stereocenters. The first-order chi connectivity index (χ1) is 13.7. The van der Waals surface area contributed by atoms with E-state index in [2.05, 4.69) is 6.58 Å². The minimum absolute atomic E-state index is 0.187. The van der Waals surface area contributed by atoms with Crippen LogP contribution in [-0.4, -0.2) is 53.5 Å². The molecule has 1 saturated heterocycles. The highest BCUT2D eigenvalue weighted by Crippen LogP contribution is 2.51. The van der Waals surface area contributed by atoms with Gasteiger partial charge in [-0.05, 0) is 25.5 Å². The number of hydrogen-bond donors (Lipinski definition) is 1. The SMILES string of the molecule is C=CCN1C(=O)/C(=C2\Sc3ccc(OC)cc3N2CCC(C)S(=O)(=O)O)SC1=S. The average Bonchev–Trinajstić information content (AvgIpc) is 3.16. The maximum absolute atomic E-state index is 12.9. The van der Waals surface area contributed by atoms with E-state index in [0.29, 0.717) is 33.1 Å². The summed E-state index contributed by atoms with van der Waals surface area (Å²) in [6.07, 6.45) is 1.80. The van der Waals surface area contributed by atoms with Crippen molar-refractivity contribution in [1.82, 2.24) is 4.90 Å². The number of nitrogens with zero attached hydrogens (tertiary/aromatic N) is 2. The fourth-order valence-corrected chi connectivity index (χ4v) is 5.85. The molecule has 29 heavy (non-hydrogen) atoms. The molecule has 1 aromatic rings. The monoisotopic (exact) mass is 472 g/mol. The molecule has 0 saturated carbocycles. The molecule has 0 aliphatic carbocycles. The van der Waals surface area contributed by atoms with E-state index < -0.39 is 15.4 Å². The quantitative estimate of drug-likeness (QED) is 0.277. The highest BCUT2D eigenvalue weighted by Gasteiger charge is 2.39. The Morgan fingerprint density at radius 3 is 2.69 bits per heavy atom. The van der Waals surface area contributed by atoms with Crippen LogP contribution in [0.25, 0.3) is 0 Å². The smallest absolute Gasteiger partial charge is 0.269 e. The van der Waals surface area contributed by atoms with Crippen LogP contribution in [0.15, 0.2) is 45.7 Å². The van der Waals surface area contributed by atoms with Crippen molar-refractivity contribution in [2.75, 3.05) is 25.1 Å². The van der Waals surface area contributed by atoms with E-state index in [0.717, 1.165) is 10.6 Å². The molecular weight excluding hydrogens is 452 g/mol. The number of thiocarbonyl (C=S) groups is 1. The van der Waals surface area contributed by atoms with Crippen LogP contribution >= 0.6 is 35.7 Å². The third-order valence-electron chi connectivity index (χ3n) is 4.53. The Bertz CT molecular complexity index is 1010. The molecular formula is C18H20N2O5S4. The normalized spacial score (nSPS) is 20.2. The van der Waals surface area contributed by atoms with Crippen LogP contribution in [0, 0.1) is 0 Å². The van der Waals surface area contributed by atoms with Crippen molar-refractivity contribution in [2.45, 2.75) is 23.5 Å². The van der Waals surface area contributed by atoms with Gasteiger partial charge in [-0.25, -0.2) is 0 Å². The van der Waals surface area contributed by atoms with Crippen molar-refractivity contribution < 1.29 is 22.5 Å². The first-order valence-electron chi connectivity index (χ1n) is 8.66. The minimum atomic E-state index is -4.14. The van der Waals surface area contributed by atoms with E-state index in [1.165, 1.54) is 35.3 Å². The summed E-state index contributed by atoms with van der Waals surface area (Å²) >= 11 is 7.99. The van der Waals surface area contributed by atoms with Crippen molar-refractivity contribution in [3.63, 3.8) is 0 Å². The topological polar surface area (TPSA) is 87.2 Å². The Morgan fingerprint density at radius 1 is 1.34 bits per heavy atom. The van der Waals surface area contributed by atoms with Gasteiger partial charge in [0.2, 0.25) is 0 Å². The van der Waals surface area contributed by atoms with Crippen LogP contribution < -0.4 is 9.64 Å². The van der Waals surface area contributed by atoms with Crippen LogP contribution in [0.5, 0.6) is 5.75 Å². The third-order valence-corrected chi connectivity index (χ3v) is 8.53. The first-order valence-corrected chi connectivity index (χ1v) is 12.2. The van der Waals surface area contributed by atoms with Crippen molar-refractivity contribution in [3.05, 3.63) is 40.8 Å². The molecule has 0 bridgehead atoms. The number of ether oxygens (including phenoxy) is 1. The highest BCUT2D eigenvalue weighted by molar-refractivity contribution is 8.27. The molecule has 1 fully saturated rings. The second-order valence-corrected chi connectivity index (χ2v) is 10.9. The van der Waals surface area contributed by atoms with Gasteiger partial charge in [0.25, 0.3) is 16.0 Å². The number of thioether (sulfide) groups is 2. The Morgan fingerprint density at radius 2 is 2.07 bits per heavy atom. The lowest BCUT2D eigenvalue weighted by atomic mass is 10.2. The zero-order chi connectivity index (χ0) is 21.3. The summed E-state index contributed by atoms with van der Waals surface area (Å²) < 4.78 is 38.0. The molecule has 0 radical (unpaired) electrons. The van der Waals surface area contributed by atoms with Gasteiger partial charge in [-0.2, -0.15) is 8.42 Å². The lowest BCUT2D eigenvalue weighted by Crippen LogP contribution is -2.30. The van der Waals surface area contributed by atoms with Gasteiger partial charge in [0.05, 0.1) is 18.0 Å². The number of hydrogen-bond acceptors (Lipinski definition) is 8. The van der Waals surface area contributed by atoms with E-state index in [-0.39, 0.29) is 12.3 Å². The summed E-state index contributed by atoms with van der Waals surface area (Å²) in [5.74, 6) is 0.452. The number of methoxy groups -OCH3 is 1. The number of carbonyl (C=O) groups excluding carboxylic acids is 1. The number of fused-ring (bicyclic) bond motifs is 1. The van der Waals surface area contributed by atoms with Crippen LogP contribution in [0.2, 0.25) is 0 Å². The second-order valence-electron chi connectivity index (χ2n) is 6.41. The van der Waals surface area contributed by atoms with Crippen molar-refractivity contribution in [2.24, 2.45) is 0 Å². The standard InChI is InChI=1S/C18H20N2O5S4/c1-4-8-20-16(21)15(28-18(20)26)17-19(9-7-11(2)29(22,23)24)13-10-12(25-3)5-6-14(13)27-17/h4-6,10-11H,1,7-9H2,2-3H3,(H,22,23,24)/b17-15+. The zero-order valence-electron chi connectivity index (χ0n) is 15.8. The zero-order valence-corrected chi connectivity index (χ0v) is 19.1. The van der Waals surface area contributed by atoms with Gasteiger partial charge in [0.1, 0.15) is 20.0 Å². The molecule has 3 rings (SSSR count). The Kier molecular flexibility index (Phi) is 6.64. The molecule has 0 spiro atoms. The Hall–Kier alpha value is -1.53. The van der Waals surface area contributed by atoms with Gasteiger partial charge < -0.3 is 9.64 Å². The second kappa shape index (κ2) is 8.68. The number of amides is 1. The van der Waals surface area contributed by atoms with Crippen LogP contribution in [0.3, 0.4) is 0 Å². The molecule has 156 valence electrons. The van der Waals surface area contributed by atoms with Gasteiger partial charge in [0, 0.05) is 24.1 Å². The summed E-state index contributed by atoms with van der Waals surface area (Å²) in [4.78, 5) is 17.7. The molecule has 7 nitrogen and oxygen atoms in total. The molecule has 1 aromatic carbocycles. The van der Waals surface area contributed by atoms with Crippen molar-refractivity contribution in [3.8, 4) is 5.75 Å². The van der Waals surface area contributed by atoms with Gasteiger partial charge in [0.15, 0.2) is 0 Å². The lowest BCUT2D eigenvalue weighted by Gasteiger charge is -2.23. The van der Waals surface area contributed by atoms with E-state index in [1.807, 2.05) is 23.1 Å². The number of anilines is 1. The predicted molar refractivity (Wildman–Crippen MR) is 121 cm³/mol. The Labute approximate surface area is 183 Å². The predicted octanol–water partition coefficient (Wildman–Crippen LogP) is 3.49. The molecule has 11 heteroatoms. The summed E-state index contributed by atoms with van der Waals surface area (Å²) in [5, 5.41) is -0.238. The van der Waals surface area contributed by atoms with Gasteiger partial charge in [-0.3, -0.25) is 14.2 Å². The maximum atomic E-state index is 12.9. The first kappa shape index (κ1) is 22.2. The summed E-state index contributed by atoms with van der Waals surface area (Å²) in [5.41, 5.74) is 0.820. The molecule has 0 aromatic heterocycles. The largest absolute Gasteiger partial charge is 0.497 e. The fraction of sp³-hybridized carbons (Fsp3) is 0.333. The average molecular weight is 473 g/mol. The van der Waals surface area contributed by atoms with E-state index >= 15 is 0 Å². The van der Waals surface area contributed by atoms with Crippen LogP contribution in [-0.2, 0) is 14.9 Å². The van der Waals surface area contributed by atoms with E-state index in [1.54, 1.807) is 13.2 Å². The van der Waals surface area contributed by atoms with Gasteiger partial charge in [-0.1, -0.05) is 41.8 Å². The number of benzene rings is 1. The maximum Gasteiger partial charge on any atom is 0.269 e. The Balaban J connectivity index is 2.00. The highest BCUT2D eigenvalue weighted by atomic mass is 32.2. The lowest BCUT2D eigenvalue weighted by molar-refractivity contribution is -0.121. The van der Waals surface area contributed by atoms with E-state index in [9.17, 15) is 17.8 Å². The number of rotatable bonds is 7. The summed E-state index contributed by atoms with van der Waals surface area (Å²) in [7, 11) is -2.58. The molecule has 1 atom stereocenters. The molecule has 2 heterocycles. The van der Waals surface area contributed by atoms with Gasteiger partial charge in [-0.15, -0.1) is 6.58 Å². The molecule has 1 N–H and O–H groups in total. The minimum Gasteiger partial charge on any atom is -0.497 e. The molecule has 2 aliphatic rings. The molecule has 2 aliphatic heterocycles. The van der Waals surface area contributed by atoms with Crippen LogP contribution in [0.4, 0.5) is 5.69 Å². The summed E-state index contributed by atoms with van der Waals surface area (Å²) in [6.45, 7) is 5.74. The summed E-state index contributed by atoms with van der Waals surface area (Å²) in [6, 6.07) is 5.57. The fourth-order valence-electron chi connectivity index (χ4n) is 2.85.